The van der Waals surface area contributed by atoms with E-state index in [9.17, 15) is 9.59 Å². The number of nitrogens with one attached hydrogen (secondary N) is 2. The standard InChI is InChI=1S/C10H14N2O5/c1-16-8(9(13)14)5-12-10(15)11-4-7-2-3-17-6-7/h2-3,6,8H,4-5H2,1H3,(H,13,14)(H2,11,12,15). The SMILES string of the molecule is COC(CNC(=O)NCc1ccoc1)C(=O)O. The number of carboxylic acid groups (broad SMARTS) is 1. The van der Waals surface area contributed by atoms with Gasteiger partial charge in [0.15, 0.2) is 6.10 Å². The van der Waals surface area contributed by atoms with Gasteiger partial charge in [-0.15, -0.1) is 0 Å². The topological polar surface area (TPSA) is 101 Å². The van der Waals surface area contributed by atoms with Crippen LogP contribution >= 0.6 is 0 Å². The molecule has 2 amide bonds. The summed E-state index contributed by atoms with van der Waals surface area (Å²) in [4.78, 5) is 21.9. The number of urea groups is 1. The fraction of sp³-hybridized carbons (Fsp3) is 0.400. The number of amides is 2. The molecule has 1 unspecified atom stereocenters. The van der Waals surface area contributed by atoms with Crippen molar-refractivity contribution in [2.75, 3.05) is 13.7 Å². The van der Waals surface area contributed by atoms with E-state index in [4.69, 9.17) is 9.52 Å². The smallest absolute Gasteiger partial charge is 0.334 e. The monoisotopic (exact) mass is 242 g/mol. The molecule has 3 N–H and O–H groups in total. The first-order valence-corrected chi connectivity index (χ1v) is 4.92. The highest BCUT2D eigenvalue weighted by Crippen LogP contribution is 1.98. The Balaban J connectivity index is 2.23. The third-order valence-corrected chi connectivity index (χ3v) is 2.04. The largest absolute Gasteiger partial charge is 0.479 e. The second kappa shape index (κ2) is 6.54. The van der Waals surface area contributed by atoms with Crippen molar-refractivity contribution in [3.8, 4) is 0 Å². The number of carbonyl (C=O) groups is 2. The van der Waals surface area contributed by atoms with Crippen LogP contribution in [-0.2, 0) is 16.1 Å². The van der Waals surface area contributed by atoms with E-state index in [0.29, 0.717) is 6.54 Å². The number of carbonyl (C=O) groups excluding carboxylic acids is 1. The first kappa shape index (κ1) is 13.0. The lowest BCUT2D eigenvalue weighted by molar-refractivity contribution is -0.147. The van der Waals surface area contributed by atoms with Crippen molar-refractivity contribution in [1.29, 1.82) is 0 Å². The Morgan fingerprint density at radius 2 is 2.29 bits per heavy atom. The zero-order valence-corrected chi connectivity index (χ0v) is 9.30. The number of furan rings is 1. The molecule has 0 aromatic carbocycles. The Hall–Kier alpha value is -2.02. The quantitative estimate of drug-likeness (QED) is 0.660. The summed E-state index contributed by atoms with van der Waals surface area (Å²) in [6.07, 6.45) is 1.96. The van der Waals surface area contributed by atoms with E-state index >= 15 is 0 Å². The highest BCUT2D eigenvalue weighted by molar-refractivity contribution is 5.76. The van der Waals surface area contributed by atoms with Crippen LogP contribution in [0.2, 0.25) is 0 Å². The molecular weight excluding hydrogens is 228 g/mol. The summed E-state index contributed by atoms with van der Waals surface area (Å²) in [5.74, 6) is -1.12. The molecule has 0 aliphatic carbocycles. The zero-order chi connectivity index (χ0) is 12.7. The molecule has 0 spiro atoms. The van der Waals surface area contributed by atoms with Gasteiger partial charge in [0.2, 0.25) is 0 Å². The number of carboxylic acids is 1. The van der Waals surface area contributed by atoms with Gasteiger partial charge in [0.05, 0.1) is 19.1 Å². The lowest BCUT2D eigenvalue weighted by Gasteiger charge is -2.11. The van der Waals surface area contributed by atoms with Crippen LogP contribution in [-0.4, -0.2) is 36.9 Å². The van der Waals surface area contributed by atoms with E-state index in [1.807, 2.05) is 0 Å². The minimum absolute atomic E-state index is 0.0942. The molecule has 7 nitrogen and oxygen atoms in total. The van der Waals surface area contributed by atoms with E-state index in [1.165, 1.54) is 19.6 Å². The number of aliphatic carboxylic acids is 1. The third kappa shape index (κ3) is 4.56. The number of methoxy groups -OCH3 is 1. The number of ether oxygens (including phenoxy) is 1. The third-order valence-electron chi connectivity index (χ3n) is 2.04. The molecule has 0 radical (unpaired) electrons. The van der Waals surface area contributed by atoms with Gasteiger partial charge in [-0.1, -0.05) is 0 Å². The van der Waals surface area contributed by atoms with Crippen LogP contribution in [0.4, 0.5) is 4.79 Å². The maximum Gasteiger partial charge on any atom is 0.334 e. The average molecular weight is 242 g/mol. The van der Waals surface area contributed by atoms with Crippen molar-refractivity contribution in [3.63, 3.8) is 0 Å². The fourth-order valence-electron chi connectivity index (χ4n) is 1.09. The molecule has 1 aromatic rings. The van der Waals surface area contributed by atoms with Gasteiger partial charge in [-0.3, -0.25) is 0 Å². The van der Waals surface area contributed by atoms with Gasteiger partial charge in [-0.2, -0.15) is 0 Å². The van der Waals surface area contributed by atoms with Crippen molar-refractivity contribution in [1.82, 2.24) is 10.6 Å². The molecule has 0 aliphatic heterocycles. The van der Waals surface area contributed by atoms with Gasteiger partial charge in [-0.25, -0.2) is 9.59 Å². The predicted octanol–water partition coefficient (Wildman–Crippen LogP) is 0.178. The molecule has 0 bridgehead atoms. The summed E-state index contributed by atoms with van der Waals surface area (Å²) in [7, 11) is 1.27. The summed E-state index contributed by atoms with van der Waals surface area (Å²) in [6.45, 7) is 0.218. The Morgan fingerprint density at radius 3 is 2.82 bits per heavy atom. The van der Waals surface area contributed by atoms with Gasteiger partial charge in [0.25, 0.3) is 0 Å². The van der Waals surface area contributed by atoms with Gasteiger partial charge in [-0.05, 0) is 6.07 Å². The van der Waals surface area contributed by atoms with Crippen LogP contribution in [0.3, 0.4) is 0 Å². The van der Waals surface area contributed by atoms with Crippen molar-refractivity contribution >= 4 is 12.0 Å². The molecular formula is C10H14N2O5. The van der Waals surface area contributed by atoms with E-state index in [2.05, 4.69) is 15.4 Å². The van der Waals surface area contributed by atoms with Crippen molar-refractivity contribution < 1.29 is 23.8 Å². The van der Waals surface area contributed by atoms with Gasteiger partial charge < -0.3 is 24.9 Å². The maximum absolute atomic E-state index is 11.3. The molecule has 1 rings (SSSR count). The van der Waals surface area contributed by atoms with E-state index in [1.54, 1.807) is 6.07 Å². The van der Waals surface area contributed by atoms with Crippen LogP contribution in [0.5, 0.6) is 0 Å². The first-order valence-electron chi connectivity index (χ1n) is 4.92. The molecule has 1 atom stereocenters. The lowest BCUT2D eigenvalue weighted by atomic mass is 10.3. The summed E-state index contributed by atoms with van der Waals surface area (Å²) in [5.41, 5.74) is 0.821. The van der Waals surface area contributed by atoms with Gasteiger partial charge >= 0.3 is 12.0 Å². The fourth-order valence-corrected chi connectivity index (χ4v) is 1.09. The minimum Gasteiger partial charge on any atom is -0.479 e. The minimum atomic E-state index is -1.12. The van der Waals surface area contributed by atoms with Crippen molar-refractivity contribution in [2.45, 2.75) is 12.6 Å². The summed E-state index contributed by atoms with van der Waals surface area (Å²) in [5, 5.41) is 13.6. The number of rotatable bonds is 6. The maximum atomic E-state index is 11.3. The first-order chi connectivity index (χ1) is 8.13. The molecule has 1 heterocycles. The van der Waals surface area contributed by atoms with Crippen molar-refractivity contribution in [2.24, 2.45) is 0 Å². The summed E-state index contributed by atoms with van der Waals surface area (Å²) in [6, 6.07) is 1.25. The molecule has 0 saturated heterocycles. The van der Waals surface area contributed by atoms with Gasteiger partial charge in [0.1, 0.15) is 0 Å². The van der Waals surface area contributed by atoms with E-state index < -0.39 is 18.1 Å². The molecule has 7 heteroatoms. The van der Waals surface area contributed by atoms with Gasteiger partial charge in [0, 0.05) is 19.2 Å². The summed E-state index contributed by atoms with van der Waals surface area (Å²) >= 11 is 0. The van der Waals surface area contributed by atoms with E-state index in [0.717, 1.165) is 5.56 Å². The van der Waals surface area contributed by atoms with E-state index in [-0.39, 0.29) is 6.54 Å². The van der Waals surface area contributed by atoms with Crippen LogP contribution in [0.15, 0.2) is 23.0 Å². The average Bonchev–Trinajstić information content (AvgIpc) is 2.79. The highest BCUT2D eigenvalue weighted by atomic mass is 16.5. The Labute approximate surface area is 97.7 Å². The predicted molar refractivity (Wildman–Crippen MR) is 57.4 cm³/mol. The second-order valence-electron chi connectivity index (χ2n) is 3.26. The normalized spacial score (nSPS) is 11.8. The number of hydrogen-bond donors (Lipinski definition) is 3. The Bertz CT molecular complexity index is 363. The highest BCUT2D eigenvalue weighted by Gasteiger charge is 2.16. The number of hydrogen-bond acceptors (Lipinski definition) is 4. The molecule has 0 aliphatic rings. The second-order valence-corrected chi connectivity index (χ2v) is 3.26. The van der Waals surface area contributed by atoms with Crippen LogP contribution < -0.4 is 10.6 Å². The molecule has 94 valence electrons. The Kier molecular flexibility index (Phi) is 5.02. The van der Waals surface area contributed by atoms with Crippen LogP contribution in [0.25, 0.3) is 0 Å². The Morgan fingerprint density at radius 1 is 1.53 bits per heavy atom. The molecule has 1 aromatic heterocycles. The van der Waals surface area contributed by atoms with Crippen LogP contribution in [0, 0.1) is 0 Å². The molecule has 17 heavy (non-hydrogen) atoms. The lowest BCUT2D eigenvalue weighted by Crippen LogP contribution is -2.42. The van der Waals surface area contributed by atoms with Crippen LogP contribution in [0.1, 0.15) is 5.56 Å². The summed E-state index contributed by atoms with van der Waals surface area (Å²) < 4.78 is 9.48. The molecule has 0 fully saturated rings. The zero-order valence-electron chi connectivity index (χ0n) is 9.30. The van der Waals surface area contributed by atoms with Crippen molar-refractivity contribution in [3.05, 3.63) is 24.2 Å². The molecule has 0 saturated carbocycles.